The Morgan fingerprint density at radius 3 is 2.71 bits per heavy atom. The molecule has 1 N–H and O–H groups in total. The van der Waals surface area contributed by atoms with Crippen molar-refractivity contribution in [3.8, 4) is 0 Å². The highest BCUT2D eigenvalue weighted by Gasteiger charge is 2.13. The van der Waals surface area contributed by atoms with E-state index in [0.717, 1.165) is 5.39 Å². The maximum absolute atomic E-state index is 12.3. The summed E-state index contributed by atoms with van der Waals surface area (Å²) in [6, 6.07) is 14.2. The predicted octanol–water partition coefficient (Wildman–Crippen LogP) is 2.71. The number of para-hydroxylation sites is 1. The quantitative estimate of drug-likeness (QED) is 0.801. The molecule has 0 aliphatic rings. The summed E-state index contributed by atoms with van der Waals surface area (Å²) < 4.78 is 5.20. The fourth-order valence-electron chi connectivity index (χ4n) is 2.41. The van der Waals surface area contributed by atoms with Crippen LogP contribution in [0.5, 0.6) is 0 Å². The second-order valence-corrected chi connectivity index (χ2v) is 5.63. The minimum absolute atomic E-state index is 0.100. The number of fused-ring (bicyclic) bond motifs is 1. The van der Waals surface area contributed by atoms with Gasteiger partial charge in [-0.3, -0.25) is 9.59 Å². The van der Waals surface area contributed by atoms with Crippen LogP contribution in [0.25, 0.3) is 11.0 Å². The Bertz CT molecular complexity index is 899. The minimum atomic E-state index is -0.219. The van der Waals surface area contributed by atoms with Gasteiger partial charge in [0.1, 0.15) is 5.69 Å². The fraction of sp³-hybridized carbons (Fsp3) is 0.167. The van der Waals surface area contributed by atoms with Crippen LogP contribution in [0.1, 0.15) is 16.1 Å². The van der Waals surface area contributed by atoms with E-state index in [4.69, 9.17) is 4.52 Å². The summed E-state index contributed by atoms with van der Waals surface area (Å²) in [6.45, 7) is 0. The monoisotopic (exact) mass is 323 g/mol. The molecule has 0 radical (unpaired) electrons. The minimum Gasteiger partial charge on any atom is -0.356 e. The lowest BCUT2D eigenvalue weighted by molar-refractivity contribution is -0.115. The summed E-state index contributed by atoms with van der Waals surface area (Å²) in [4.78, 5) is 25.7. The molecule has 0 bridgehead atoms. The molecule has 0 saturated carbocycles. The maximum Gasteiger partial charge on any atom is 0.253 e. The van der Waals surface area contributed by atoms with Gasteiger partial charge in [-0.2, -0.15) is 0 Å². The van der Waals surface area contributed by atoms with Crippen LogP contribution in [-0.2, 0) is 11.2 Å². The van der Waals surface area contributed by atoms with Gasteiger partial charge in [0.2, 0.25) is 5.91 Å². The highest BCUT2D eigenvalue weighted by atomic mass is 16.5. The van der Waals surface area contributed by atoms with E-state index in [2.05, 4.69) is 10.5 Å². The largest absolute Gasteiger partial charge is 0.356 e. The predicted molar refractivity (Wildman–Crippen MR) is 90.8 cm³/mol. The zero-order valence-electron chi connectivity index (χ0n) is 13.4. The Morgan fingerprint density at radius 1 is 1.12 bits per heavy atom. The number of aromatic nitrogens is 1. The number of nitrogens with zero attached hydrogens (tertiary/aromatic N) is 2. The van der Waals surface area contributed by atoms with Crippen molar-refractivity contribution >= 4 is 28.5 Å². The molecule has 2 aromatic carbocycles. The summed E-state index contributed by atoms with van der Waals surface area (Å²) in [7, 11) is 3.37. The van der Waals surface area contributed by atoms with Gasteiger partial charge in [0.15, 0.2) is 5.58 Å². The molecule has 6 nitrogen and oxygen atoms in total. The smallest absolute Gasteiger partial charge is 0.253 e. The molecular formula is C18H17N3O3. The van der Waals surface area contributed by atoms with E-state index in [1.165, 1.54) is 4.90 Å². The number of amides is 2. The van der Waals surface area contributed by atoms with Crippen molar-refractivity contribution in [2.45, 2.75) is 6.42 Å². The van der Waals surface area contributed by atoms with Crippen LogP contribution in [-0.4, -0.2) is 36.0 Å². The number of benzene rings is 2. The van der Waals surface area contributed by atoms with Crippen LogP contribution in [0.15, 0.2) is 53.1 Å². The van der Waals surface area contributed by atoms with Crippen LogP contribution in [0.4, 0.5) is 5.69 Å². The SMILES string of the molecule is CN(C)C(=O)c1cccc(NC(=O)Cc2noc3ccccc23)c1. The molecule has 2 amide bonds. The second-order valence-electron chi connectivity index (χ2n) is 5.63. The Kier molecular flexibility index (Phi) is 4.29. The molecular weight excluding hydrogens is 306 g/mol. The lowest BCUT2D eigenvalue weighted by Gasteiger charge is -2.11. The molecule has 122 valence electrons. The van der Waals surface area contributed by atoms with E-state index in [0.29, 0.717) is 22.5 Å². The lowest BCUT2D eigenvalue weighted by Crippen LogP contribution is -2.22. The molecule has 1 aromatic heterocycles. The standard InChI is InChI=1S/C18H17N3O3/c1-21(2)18(23)12-6-5-7-13(10-12)19-17(22)11-15-14-8-3-4-9-16(14)24-20-15/h3-10H,11H2,1-2H3,(H,19,22). The molecule has 0 saturated heterocycles. The van der Waals surface area contributed by atoms with Gasteiger partial charge in [0.25, 0.3) is 5.91 Å². The maximum atomic E-state index is 12.3. The first-order chi connectivity index (χ1) is 11.5. The molecule has 0 atom stereocenters. The first-order valence-electron chi connectivity index (χ1n) is 7.49. The first kappa shape index (κ1) is 15.7. The van der Waals surface area contributed by atoms with Crippen LogP contribution in [0.2, 0.25) is 0 Å². The van der Waals surface area contributed by atoms with Gasteiger partial charge in [0, 0.05) is 30.7 Å². The van der Waals surface area contributed by atoms with Crippen molar-refractivity contribution in [1.29, 1.82) is 0 Å². The zero-order chi connectivity index (χ0) is 17.1. The Balaban J connectivity index is 1.73. The van der Waals surface area contributed by atoms with Crippen LogP contribution in [0, 0.1) is 0 Å². The summed E-state index contributed by atoms with van der Waals surface area (Å²) in [5, 5.41) is 7.56. The van der Waals surface area contributed by atoms with E-state index < -0.39 is 0 Å². The molecule has 6 heteroatoms. The lowest BCUT2D eigenvalue weighted by atomic mass is 10.1. The first-order valence-corrected chi connectivity index (χ1v) is 7.49. The molecule has 0 unspecified atom stereocenters. The Morgan fingerprint density at radius 2 is 1.92 bits per heavy atom. The number of rotatable bonds is 4. The van der Waals surface area contributed by atoms with E-state index in [1.54, 1.807) is 44.4 Å². The number of carbonyl (C=O) groups excluding carboxylic acids is 2. The third kappa shape index (κ3) is 3.27. The summed E-state index contributed by atoms with van der Waals surface area (Å²) in [5.41, 5.74) is 2.33. The van der Waals surface area contributed by atoms with Gasteiger partial charge < -0.3 is 14.7 Å². The van der Waals surface area contributed by atoms with Gasteiger partial charge in [0.05, 0.1) is 6.42 Å². The second kappa shape index (κ2) is 6.54. The summed E-state index contributed by atoms with van der Waals surface area (Å²) >= 11 is 0. The number of carbonyl (C=O) groups is 2. The average Bonchev–Trinajstić information content (AvgIpc) is 2.97. The summed E-state index contributed by atoms with van der Waals surface area (Å²) in [6.07, 6.45) is 0.100. The third-order valence-corrected chi connectivity index (χ3v) is 3.58. The average molecular weight is 323 g/mol. The van der Waals surface area contributed by atoms with Crippen LogP contribution < -0.4 is 5.32 Å². The van der Waals surface area contributed by atoms with Gasteiger partial charge in [-0.15, -0.1) is 0 Å². The van der Waals surface area contributed by atoms with E-state index in [1.807, 2.05) is 18.2 Å². The van der Waals surface area contributed by atoms with Crippen molar-refractivity contribution in [2.75, 3.05) is 19.4 Å². The van der Waals surface area contributed by atoms with Crippen LogP contribution >= 0.6 is 0 Å². The number of nitrogens with one attached hydrogen (secondary N) is 1. The molecule has 3 rings (SSSR count). The molecule has 0 aliphatic heterocycles. The molecule has 0 spiro atoms. The molecule has 24 heavy (non-hydrogen) atoms. The van der Waals surface area contributed by atoms with E-state index in [-0.39, 0.29) is 18.2 Å². The van der Waals surface area contributed by atoms with Crippen molar-refractivity contribution in [1.82, 2.24) is 10.1 Å². The molecule has 1 heterocycles. The zero-order valence-corrected chi connectivity index (χ0v) is 13.4. The Labute approximate surface area is 139 Å². The van der Waals surface area contributed by atoms with Crippen molar-refractivity contribution in [3.05, 3.63) is 59.8 Å². The Hall–Kier alpha value is -3.15. The van der Waals surface area contributed by atoms with Gasteiger partial charge >= 0.3 is 0 Å². The number of hydrogen-bond donors (Lipinski definition) is 1. The van der Waals surface area contributed by atoms with Crippen molar-refractivity contribution in [3.63, 3.8) is 0 Å². The topological polar surface area (TPSA) is 75.4 Å². The van der Waals surface area contributed by atoms with Gasteiger partial charge in [-0.25, -0.2) is 0 Å². The number of hydrogen-bond acceptors (Lipinski definition) is 4. The van der Waals surface area contributed by atoms with Crippen molar-refractivity contribution < 1.29 is 14.1 Å². The third-order valence-electron chi connectivity index (χ3n) is 3.58. The highest BCUT2D eigenvalue weighted by Crippen LogP contribution is 2.19. The van der Waals surface area contributed by atoms with Gasteiger partial charge in [-0.1, -0.05) is 23.4 Å². The molecule has 3 aromatic rings. The normalized spacial score (nSPS) is 10.6. The molecule has 0 aliphatic carbocycles. The summed E-state index contributed by atoms with van der Waals surface area (Å²) in [5.74, 6) is -0.336. The highest BCUT2D eigenvalue weighted by molar-refractivity contribution is 5.98. The number of anilines is 1. The van der Waals surface area contributed by atoms with Crippen molar-refractivity contribution in [2.24, 2.45) is 0 Å². The van der Waals surface area contributed by atoms with E-state index >= 15 is 0 Å². The fourth-order valence-corrected chi connectivity index (χ4v) is 2.41. The van der Waals surface area contributed by atoms with Crippen LogP contribution in [0.3, 0.4) is 0 Å². The van der Waals surface area contributed by atoms with E-state index in [9.17, 15) is 9.59 Å². The molecule has 0 fully saturated rings. The van der Waals surface area contributed by atoms with Gasteiger partial charge in [-0.05, 0) is 30.3 Å².